The molecule has 0 atom stereocenters. The normalized spacial score (nSPS) is 18.9. The average Bonchev–Trinajstić information content (AvgIpc) is 2.78. The molecule has 1 saturated carbocycles. The van der Waals surface area contributed by atoms with E-state index in [0.29, 0.717) is 6.54 Å². The van der Waals surface area contributed by atoms with Crippen molar-refractivity contribution < 1.29 is 4.39 Å². The predicted octanol–water partition coefficient (Wildman–Crippen LogP) is 3.16. The molecule has 0 aromatic heterocycles. The maximum absolute atomic E-state index is 13.4. The Kier molecular flexibility index (Phi) is 3.29. The maximum Gasteiger partial charge on any atom is 0.123 e. The summed E-state index contributed by atoms with van der Waals surface area (Å²) in [4.78, 5) is 0. The Bertz CT molecular complexity index is 367. The first kappa shape index (κ1) is 11.6. The smallest absolute Gasteiger partial charge is 0.123 e. The predicted molar refractivity (Wildman–Crippen MR) is 65.0 cm³/mol. The van der Waals surface area contributed by atoms with Gasteiger partial charge in [0.1, 0.15) is 5.82 Å². The van der Waals surface area contributed by atoms with E-state index >= 15 is 0 Å². The third-order valence-electron chi connectivity index (χ3n) is 3.98. The summed E-state index contributed by atoms with van der Waals surface area (Å²) in [7, 11) is 0. The summed E-state index contributed by atoms with van der Waals surface area (Å²) in [6.45, 7) is 2.76. The molecule has 88 valence electrons. The highest BCUT2D eigenvalue weighted by molar-refractivity contribution is 5.36. The number of halogens is 1. The van der Waals surface area contributed by atoms with Crippen LogP contribution in [0.15, 0.2) is 18.2 Å². The molecule has 2 heteroatoms. The van der Waals surface area contributed by atoms with Crippen molar-refractivity contribution in [1.29, 1.82) is 0 Å². The summed E-state index contributed by atoms with van der Waals surface area (Å²) in [5.41, 5.74) is 8.42. The fraction of sp³-hybridized carbons (Fsp3) is 0.571. The Balaban J connectivity index is 2.47. The molecule has 0 radical (unpaired) electrons. The summed E-state index contributed by atoms with van der Waals surface area (Å²) in [5.74, 6) is -0.132. The van der Waals surface area contributed by atoms with Gasteiger partial charge in [-0.05, 0) is 42.5 Å². The van der Waals surface area contributed by atoms with Crippen LogP contribution in [-0.2, 0) is 11.8 Å². The van der Waals surface area contributed by atoms with Crippen LogP contribution in [0.25, 0.3) is 0 Å². The lowest BCUT2D eigenvalue weighted by Gasteiger charge is -2.30. The molecule has 1 aromatic carbocycles. The molecule has 0 saturated heterocycles. The van der Waals surface area contributed by atoms with E-state index in [1.807, 2.05) is 6.07 Å². The van der Waals surface area contributed by atoms with Gasteiger partial charge in [0, 0.05) is 12.0 Å². The van der Waals surface area contributed by atoms with Crippen molar-refractivity contribution in [3.05, 3.63) is 35.1 Å². The Morgan fingerprint density at radius 1 is 1.31 bits per heavy atom. The lowest BCUT2D eigenvalue weighted by molar-refractivity contribution is 0.445. The van der Waals surface area contributed by atoms with E-state index in [1.165, 1.54) is 18.4 Å². The lowest BCUT2D eigenvalue weighted by atomic mass is 9.76. The highest BCUT2D eigenvalue weighted by Gasteiger charge is 2.35. The zero-order valence-electron chi connectivity index (χ0n) is 9.93. The molecule has 1 aliphatic rings. The van der Waals surface area contributed by atoms with Crippen LogP contribution in [0.2, 0.25) is 0 Å². The van der Waals surface area contributed by atoms with Gasteiger partial charge >= 0.3 is 0 Å². The standard InChI is InChI=1S/C14H20FN/c1-2-11-5-6-12(15)9-13(11)14(10-16)7-3-4-8-14/h5-6,9H,2-4,7-8,10,16H2,1H3. The monoisotopic (exact) mass is 221 g/mol. The highest BCUT2D eigenvalue weighted by Crippen LogP contribution is 2.41. The van der Waals surface area contributed by atoms with Gasteiger partial charge in [-0.1, -0.05) is 25.8 Å². The van der Waals surface area contributed by atoms with E-state index in [2.05, 4.69) is 6.92 Å². The Morgan fingerprint density at radius 2 is 2.00 bits per heavy atom. The van der Waals surface area contributed by atoms with Gasteiger partial charge in [-0.25, -0.2) is 4.39 Å². The van der Waals surface area contributed by atoms with Crippen LogP contribution in [-0.4, -0.2) is 6.54 Å². The molecule has 2 rings (SSSR count). The van der Waals surface area contributed by atoms with Crippen molar-refractivity contribution in [3.8, 4) is 0 Å². The minimum atomic E-state index is -0.132. The van der Waals surface area contributed by atoms with Crippen LogP contribution >= 0.6 is 0 Å². The quantitative estimate of drug-likeness (QED) is 0.833. The Hall–Kier alpha value is -0.890. The number of hydrogen-bond acceptors (Lipinski definition) is 1. The number of benzene rings is 1. The van der Waals surface area contributed by atoms with Crippen molar-refractivity contribution in [2.75, 3.05) is 6.54 Å². The Labute approximate surface area is 96.9 Å². The van der Waals surface area contributed by atoms with Gasteiger partial charge in [0.05, 0.1) is 0 Å². The first-order valence-corrected chi connectivity index (χ1v) is 6.21. The minimum Gasteiger partial charge on any atom is -0.330 e. The van der Waals surface area contributed by atoms with Gasteiger partial charge in [0.2, 0.25) is 0 Å². The zero-order valence-corrected chi connectivity index (χ0v) is 9.93. The van der Waals surface area contributed by atoms with E-state index in [-0.39, 0.29) is 11.2 Å². The summed E-state index contributed by atoms with van der Waals surface area (Å²) in [6, 6.07) is 5.18. The summed E-state index contributed by atoms with van der Waals surface area (Å²) >= 11 is 0. The second-order valence-electron chi connectivity index (χ2n) is 4.85. The molecule has 2 N–H and O–H groups in total. The molecule has 1 aromatic rings. The van der Waals surface area contributed by atoms with Crippen LogP contribution < -0.4 is 5.73 Å². The van der Waals surface area contributed by atoms with Crippen molar-refractivity contribution in [2.24, 2.45) is 5.73 Å². The third-order valence-corrected chi connectivity index (χ3v) is 3.98. The lowest BCUT2D eigenvalue weighted by Crippen LogP contribution is -2.33. The molecule has 0 unspecified atom stereocenters. The van der Waals surface area contributed by atoms with Crippen LogP contribution in [0.3, 0.4) is 0 Å². The van der Waals surface area contributed by atoms with E-state index in [1.54, 1.807) is 12.1 Å². The second kappa shape index (κ2) is 4.54. The molecule has 1 fully saturated rings. The SMILES string of the molecule is CCc1ccc(F)cc1C1(CN)CCCC1. The van der Waals surface area contributed by atoms with E-state index in [9.17, 15) is 4.39 Å². The van der Waals surface area contributed by atoms with E-state index in [4.69, 9.17) is 5.73 Å². The van der Waals surface area contributed by atoms with Crippen molar-refractivity contribution in [3.63, 3.8) is 0 Å². The molecular formula is C14H20FN. The van der Waals surface area contributed by atoms with Gasteiger partial charge in [0.15, 0.2) is 0 Å². The fourth-order valence-corrected chi connectivity index (χ4v) is 2.99. The molecule has 0 bridgehead atoms. The molecule has 16 heavy (non-hydrogen) atoms. The first-order chi connectivity index (χ1) is 7.72. The van der Waals surface area contributed by atoms with Gasteiger partial charge in [-0.15, -0.1) is 0 Å². The Morgan fingerprint density at radius 3 is 2.56 bits per heavy atom. The fourth-order valence-electron chi connectivity index (χ4n) is 2.99. The number of aryl methyl sites for hydroxylation is 1. The molecule has 0 spiro atoms. The molecular weight excluding hydrogens is 201 g/mol. The van der Waals surface area contributed by atoms with Crippen LogP contribution in [0.1, 0.15) is 43.7 Å². The zero-order chi connectivity index (χ0) is 11.6. The van der Waals surface area contributed by atoms with Crippen molar-refractivity contribution >= 4 is 0 Å². The number of rotatable bonds is 3. The van der Waals surface area contributed by atoms with Crippen molar-refractivity contribution in [2.45, 2.75) is 44.4 Å². The highest BCUT2D eigenvalue weighted by atomic mass is 19.1. The minimum absolute atomic E-state index is 0.0491. The van der Waals surface area contributed by atoms with Gasteiger partial charge in [-0.3, -0.25) is 0 Å². The molecule has 0 amide bonds. The average molecular weight is 221 g/mol. The second-order valence-corrected chi connectivity index (χ2v) is 4.85. The van der Waals surface area contributed by atoms with Gasteiger partial charge in [0.25, 0.3) is 0 Å². The van der Waals surface area contributed by atoms with Crippen LogP contribution in [0.5, 0.6) is 0 Å². The van der Waals surface area contributed by atoms with Gasteiger partial charge < -0.3 is 5.73 Å². The number of hydrogen-bond donors (Lipinski definition) is 1. The summed E-state index contributed by atoms with van der Waals surface area (Å²) < 4.78 is 13.4. The third kappa shape index (κ3) is 1.86. The van der Waals surface area contributed by atoms with E-state index in [0.717, 1.165) is 24.8 Å². The van der Waals surface area contributed by atoms with Crippen LogP contribution in [0.4, 0.5) is 4.39 Å². The largest absolute Gasteiger partial charge is 0.330 e. The van der Waals surface area contributed by atoms with Gasteiger partial charge in [-0.2, -0.15) is 0 Å². The molecule has 1 nitrogen and oxygen atoms in total. The maximum atomic E-state index is 13.4. The topological polar surface area (TPSA) is 26.0 Å². The summed E-state index contributed by atoms with van der Waals surface area (Å²) in [6.07, 6.45) is 5.62. The van der Waals surface area contributed by atoms with Crippen molar-refractivity contribution in [1.82, 2.24) is 0 Å². The molecule has 1 aliphatic carbocycles. The number of nitrogens with two attached hydrogens (primary N) is 1. The molecule has 0 heterocycles. The van der Waals surface area contributed by atoms with Crippen LogP contribution in [0, 0.1) is 5.82 Å². The van der Waals surface area contributed by atoms with E-state index < -0.39 is 0 Å². The summed E-state index contributed by atoms with van der Waals surface area (Å²) in [5, 5.41) is 0. The molecule has 0 aliphatic heterocycles. The first-order valence-electron chi connectivity index (χ1n) is 6.21.